The molecule has 0 aliphatic heterocycles. The molecular weight excluding hydrogens is 464 g/mol. The van der Waals surface area contributed by atoms with Gasteiger partial charge in [0.1, 0.15) is 18.2 Å². The molecule has 0 saturated carbocycles. The second-order valence-corrected chi connectivity index (χ2v) is 9.42. The topological polar surface area (TPSA) is 120 Å². The van der Waals surface area contributed by atoms with Crippen molar-refractivity contribution in [3.8, 4) is 0 Å². The van der Waals surface area contributed by atoms with Crippen LogP contribution in [0, 0.1) is 0 Å². The van der Waals surface area contributed by atoms with Crippen LogP contribution < -0.4 is 10.6 Å². The quantitative estimate of drug-likeness (QED) is 0.381. The van der Waals surface area contributed by atoms with Crippen LogP contribution in [0.15, 0.2) is 60.7 Å². The van der Waals surface area contributed by atoms with Crippen LogP contribution in [-0.4, -0.2) is 48.2 Å². The first-order valence-corrected chi connectivity index (χ1v) is 11.6. The molecule has 0 spiro atoms. The number of alkyl carbamates (subject to hydrolysis) is 1. The number of carbonyl (C=O) groups is 4. The minimum Gasteiger partial charge on any atom is -0.467 e. The van der Waals surface area contributed by atoms with Crippen molar-refractivity contribution in [1.82, 2.24) is 10.6 Å². The minimum absolute atomic E-state index is 0.0338. The van der Waals surface area contributed by atoms with E-state index >= 15 is 0 Å². The number of methoxy groups -OCH3 is 1. The van der Waals surface area contributed by atoms with Crippen molar-refractivity contribution in [1.29, 1.82) is 0 Å². The van der Waals surface area contributed by atoms with Crippen LogP contribution in [0.25, 0.3) is 0 Å². The van der Waals surface area contributed by atoms with Gasteiger partial charge in [-0.2, -0.15) is 0 Å². The van der Waals surface area contributed by atoms with Gasteiger partial charge < -0.3 is 24.8 Å². The average molecular weight is 499 g/mol. The number of hydrogen-bond acceptors (Lipinski definition) is 7. The number of esters is 2. The molecule has 9 nitrogen and oxygen atoms in total. The molecule has 0 aliphatic carbocycles. The summed E-state index contributed by atoms with van der Waals surface area (Å²) in [6.45, 7) is 6.48. The number of hydrogen-bond donors (Lipinski definition) is 2. The van der Waals surface area contributed by atoms with Gasteiger partial charge in [0.2, 0.25) is 5.91 Å². The molecule has 194 valence electrons. The molecule has 2 atom stereocenters. The predicted octanol–water partition coefficient (Wildman–Crippen LogP) is 3.30. The van der Waals surface area contributed by atoms with E-state index in [9.17, 15) is 19.2 Å². The van der Waals surface area contributed by atoms with E-state index in [0.29, 0.717) is 5.56 Å². The third-order valence-electron chi connectivity index (χ3n) is 5.09. The van der Waals surface area contributed by atoms with E-state index in [0.717, 1.165) is 5.56 Å². The Labute approximate surface area is 211 Å². The highest BCUT2D eigenvalue weighted by Crippen LogP contribution is 2.24. The molecule has 36 heavy (non-hydrogen) atoms. The molecule has 0 aromatic heterocycles. The van der Waals surface area contributed by atoms with E-state index in [-0.39, 0.29) is 13.0 Å². The van der Waals surface area contributed by atoms with E-state index in [1.54, 1.807) is 57.2 Å². The lowest BCUT2D eigenvalue weighted by atomic mass is 9.86. The molecule has 9 heteroatoms. The fourth-order valence-corrected chi connectivity index (χ4v) is 3.42. The fourth-order valence-electron chi connectivity index (χ4n) is 3.42. The van der Waals surface area contributed by atoms with Crippen LogP contribution in [0.5, 0.6) is 0 Å². The summed E-state index contributed by atoms with van der Waals surface area (Å²) in [5.74, 6) is -2.11. The highest BCUT2D eigenvalue weighted by atomic mass is 16.6. The summed E-state index contributed by atoms with van der Waals surface area (Å²) in [7, 11) is 1.20. The summed E-state index contributed by atoms with van der Waals surface area (Å²) in [6.07, 6.45) is -1.45. The molecular formula is C27H34N2O7. The van der Waals surface area contributed by atoms with Crippen molar-refractivity contribution in [3.63, 3.8) is 0 Å². The van der Waals surface area contributed by atoms with Gasteiger partial charge in [-0.05, 0) is 38.8 Å². The van der Waals surface area contributed by atoms with E-state index in [1.807, 2.05) is 24.3 Å². The van der Waals surface area contributed by atoms with Crippen molar-refractivity contribution < 1.29 is 33.4 Å². The molecule has 0 bridgehead atoms. The molecule has 2 amide bonds. The highest BCUT2D eigenvalue weighted by Gasteiger charge is 2.46. The number of benzene rings is 2. The molecule has 0 heterocycles. The maximum absolute atomic E-state index is 13.5. The van der Waals surface area contributed by atoms with E-state index < -0.39 is 47.5 Å². The van der Waals surface area contributed by atoms with Crippen LogP contribution >= 0.6 is 0 Å². The Bertz CT molecular complexity index is 1040. The first-order chi connectivity index (χ1) is 16.9. The van der Waals surface area contributed by atoms with Crippen molar-refractivity contribution in [2.45, 2.75) is 64.3 Å². The normalized spacial score (nSPS) is 13.5. The third kappa shape index (κ3) is 9.05. The Hall–Kier alpha value is -3.88. The fraction of sp³-hybridized carbons (Fsp3) is 0.407. The Morgan fingerprint density at radius 1 is 0.889 bits per heavy atom. The largest absolute Gasteiger partial charge is 0.467 e. The zero-order valence-electron chi connectivity index (χ0n) is 21.3. The lowest BCUT2D eigenvalue weighted by molar-refractivity contribution is -0.164. The highest BCUT2D eigenvalue weighted by molar-refractivity contribution is 5.93. The Morgan fingerprint density at radius 2 is 1.44 bits per heavy atom. The second kappa shape index (κ2) is 12.7. The zero-order chi connectivity index (χ0) is 26.8. The number of carbonyl (C=O) groups excluding carboxylic acids is 4. The van der Waals surface area contributed by atoms with Gasteiger partial charge >= 0.3 is 18.0 Å². The van der Waals surface area contributed by atoms with Crippen LogP contribution in [0.3, 0.4) is 0 Å². The molecule has 0 radical (unpaired) electrons. The lowest BCUT2D eigenvalue weighted by Crippen LogP contribution is -2.60. The van der Waals surface area contributed by atoms with Gasteiger partial charge in [0.05, 0.1) is 13.5 Å². The van der Waals surface area contributed by atoms with Crippen molar-refractivity contribution in [3.05, 3.63) is 71.8 Å². The lowest BCUT2D eigenvalue weighted by Gasteiger charge is -2.35. The van der Waals surface area contributed by atoms with Gasteiger partial charge in [0.25, 0.3) is 0 Å². The van der Waals surface area contributed by atoms with Crippen LogP contribution in [-0.2, 0) is 41.6 Å². The maximum Gasteiger partial charge on any atom is 0.408 e. The Balaban J connectivity index is 2.38. The van der Waals surface area contributed by atoms with Crippen molar-refractivity contribution in [2.75, 3.05) is 7.11 Å². The first kappa shape index (κ1) is 28.4. The Morgan fingerprint density at radius 3 is 1.97 bits per heavy atom. The van der Waals surface area contributed by atoms with Crippen molar-refractivity contribution >= 4 is 23.9 Å². The van der Waals surface area contributed by atoms with E-state index in [2.05, 4.69) is 15.4 Å². The van der Waals surface area contributed by atoms with Gasteiger partial charge in [0.15, 0.2) is 5.54 Å². The van der Waals surface area contributed by atoms with E-state index in [1.165, 1.54) is 14.0 Å². The molecule has 0 saturated heterocycles. The standard InChI is InChI=1S/C27H34N2O7/c1-19(23(31)34-5)28-22(30)17-27(24(32)36-26(2,3)4,16-20-12-8-6-9-13-20)29-25(33)35-18-21-14-10-7-11-15-21/h6-15,19H,16-18H2,1-5H3,(H,28,30)(H,29,33)/t19-,27-/m0/s1. The summed E-state index contributed by atoms with van der Waals surface area (Å²) >= 11 is 0. The third-order valence-corrected chi connectivity index (χ3v) is 5.09. The molecule has 2 rings (SSSR count). The minimum atomic E-state index is -1.82. The number of amides is 2. The molecule has 0 fully saturated rings. The first-order valence-electron chi connectivity index (χ1n) is 11.6. The summed E-state index contributed by atoms with van der Waals surface area (Å²) in [5.41, 5.74) is -1.28. The molecule has 2 N–H and O–H groups in total. The second-order valence-electron chi connectivity index (χ2n) is 9.42. The summed E-state index contributed by atoms with van der Waals surface area (Å²) in [6, 6.07) is 17.0. The van der Waals surface area contributed by atoms with Crippen LogP contribution in [0.1, 0.15) is 45.2 Å². The van der Waals surface area contributed by atoms with Gasteiger partial charge in [-0.1, -0.05) is 60.7 Å². The van der Waals surface area contributed by atoms with Crippen LogP contribution in [0.4, 0.5) is 4.79 Å². The predicted molar refractivity (Wildman–Crippen MR) is 133 cm³/mol. The maximum atomic E-state index is 13.5. The van der Waals surface area contributed by atoms with Gasteiger partial charge in [-0.15, -0.1) is 0 Å². The Kier molecular flexibility index (Phi) is 10.0. The van der Waals surface area contributed by atoms with Gasteiger partial charge in [0, 0.05) is 6.42 Å². The van der Waals surface area contributed by atoms with Gasteiger partial charge in [-0.3, -0.25) is 4.79 Å². The van der Waals surface area contributed by atoms with Crippen LogP contribution in [0.2, 0.25) is 0 Å². The smallest absolute Gasteiger partial charge is 0.408 e. The summed E-state index contributed by atoms with van der Waals surface area (Å²) in [5, 5.41) is 5.11. The molecule has 2 aromatic carbocycles. The molecule has 0 unspecified atom stereocenters. The SMILES string of the molecule is COC(=O)[C@H](C)NC(=O)C[C@](Cc1ccccc1)(NC(=O)OCc1ccccc1)C(=O)OC(C)(C)C. The molecule has 0 aliphatic rings. The van der Waals surface area contributed by atoms with E-state index in [4.69, 9.17) is 9.47 Å². The number of ether oxygens (including phenoxy) is 3. The number of nitrogens with one attached hydrogen (secondary N) is 2. The molecule has 2 aromatic rings. The average Bonchev–Trinajstić information content (AvgIpc) is 2.82. The number of rotatable bonds is 10. The zero-order valence-corrected chi connectivity index (χ0v) is 21.3. The monoisotopic (exact) mass is 498 g/mol. The summed E-state index contributed by atoms with van der Waals surface area (Å²) < 4.78 is 15.6. The van der Waals surface area contributed by atoms with Gasteiger partial charge in [-0.25, -0.2) is 14.4 Å². The van der Waals surface area contributed by atoms with Crippen molar-refractivity contribution in [2.24, 2.45) is 0 Å². The summed E-state index contributed by atoms with van der Waals surface area (Å²) in [4.78, 5) is 51.2.